The van der Waals surface area contributed by atoms with E-state index >= 15 is 0 Å². The summed E-state index contributed by atoms with van der Waals surface area (Å²) < 4.78 is 5.86. The molecular weight excluding hydrogens is 226 g/mol. The standard InChI is InChI=1S/C15H13NO2/c1-8-4-5-11-13(6-8)18-15-10(3)12(17)7-9(2)14(15)16-11/h4-7H,1-3H3. The zero-order valence-corrected chi connectivity index (χ0v) is 10.6. The Hall–Kier alpha value is -2.16. The zero-order valence-electron chi connectivity index (χ0n) is 10.6. The summed E-state index contributed by atoms with van der Waals surface area (Å²) >= 11 is 0. The predicted octanol–water partition coefficient (Wildman–Crippen LogP) is 3.22. The number of aryl methyl sites for hydroxylation is 2. The van der Waals surface area contributed by atoms with Crippen molar-refractivity contribution in [2.45, 2.75) is 20.8 Å². The van der Waals surface area contributed by atoms with Gasteiger partial charge in [-0.3, -0.25) is 4.79 Å². The number of benzene rings is 2. The van der Waals surface area contributed by atoms with Crippen LogP contribution in [0.2, 0.25) is 0 Å². The van der Waals surface area contributed by atoms with Gasteiger partial charge in [-0.15, -0.1) is 0 Å². The summed E-state index contributed by atoms with van der Waals surface area (Å²) in [4.78, 5) is 16.4. The van der Waals surface area contributed by atoms with Crippen molar-refractivity contribution in [3.8, 4) is 11.5 Å². The number of nitrogens with zero attached hydrogens (tertiary/aromatic N) is 1. The maximum absolute atomic E-state index is 11.8. The molecule has 0 radical (unpaired) electrons. The van der Waals surface area contributed by atoms with Crippen LogP contribution in [0.1, 0.15) is 16.7 Å². The Balaban J connectivity index is 2.53. The Bertz CT molecular complexity index is 787. The average molecular weight is 239 g/mol. The maximum atomic E-state index is 11.8. The fraction of sp³-hybridized carbons (Fsp3) is 0.200. The molecule has 0 N–H and O–H groups in total. The van der Waals surface area contributed by atoms with E-state index in [0.717, 1.165) is 27.9 Å². The van der Waals surface area contributed by atoms with Gasteiger partial charge in [-0.2, -0.15) is 0 Å². The van der Waals surface area contributed by atoms with Gasteiger partial charge in [0.25, 0.3) is 0 Å². The Morgan fingerprint density at radius 2 is 1.89 bits per heavy atom. The summed E-state index contributed by atoms with van der Waals surface area (Å²) in [6.07, 6.45) is 0. The molecule has 1 aromatic rings. The largest absolute Gasteiger partial charge is 0.452 e. The smallest absolute Gasteiger partial charge is 0.185 e. The highest BCUT2D eigenvalue weighted by atomic mass is 16.3. The first-order valence-corrected chi connectivity index (χ1v) is 5.87. The summed E-state index contributed by atoms with van der Waals surface area (Å²) in [6.45, 7) is 5.66. The van der Waals surface area contributed by atoms with Gasteiger partial charge in [0, 0.05) is 5.56 Å². The van der Waals surface area contributed by atoms with Gasteiger partial charge >= 0.3 is 0 Å². The summed E-state index contributed by atoms with van der Waals surface area (Å²) in [7, 11) is 0. The number of hydrogen-bond donors (Lipinski definition) is 0. The summed E-state index contributed by atoms with van der Waals surface area (Å²) in [6, 6.07) is 7.49. The lowest BCUT2D eigenvalue weighted by molar-refractivity contribution is 0.607. The van der Waals surface area contributed by atoms with Crippen LogP contribution < -0.4 is 5.43 Å². The number of hydrogen-bond acceptors (Lipinski definition) is 3. The van der Waals surface area contributed by atoms with Crippen LogP contribution >= 0.6 is 0 Å². The molecule has 0 saturated carbocycles. The number of fused-ring (bicyclic) bond motifs is 2. The Morgan fingerprint density at radius 1 is 1.11 bits per heavy atom. The molecule has 0 unspecified atom stereocenters. The van der Waals surface area contributed by atoms with Crippen LogP contribution in [0.25, 0.3) is 22.6 Å². The van der Waals surface area contributed by atoms with Gasteiger partial charge in [0.2, 0.25) is 0 Å². The molecular formula is C15H13NO2. The maximum Gasteiger partial charge on any atom is 0.185 e. The Kier molecular flexibility index (Phi) is 2.23. The minimum absolute atomic E-state index is 0.00227. The van der Waals surface area contributed by atoms with E-state index in [1.165, 1.54) is 0 Å². The van der Waals surface area contributed by atoms with Crippen molar-refractivity contribution < 1.29 is 4.42 Å². The molecule has 3 rings (SSSR count). The van der Waals surface area contributed by atoms with Gasteiger partial charge in [-0.05, 0) is 50.1 Å². The second-order valence-corrected chi connectivity index (χ2v) is 4.68. The minimum atomic E-state index is -0.00227. The first-order chi connectivity index (χ1) is 8.56. The van der Waals surface area contributed by atoms with Gasteiger partial charge in [0.05, 0.1) is 0 Å². The van der Waals surface area contributed by atoms with Crippen molar-refractivity contribution >= 4 is 11.1 Å². The van der Waals surface area contributed by atoms with E-state index in [1.807, 2.05) is 32.0 Å². The van der Waals surface area contributed by atoms with E-state index in [0.29, 0.717) is 11.3 Å². The van der Waals surface area contributed by atoms with E-state index < -0.39 is 0 Å². The Labute approximate surface area is 104 Å². The molecule has 1 aliphatic carbocycles. The predicted molar refractivity (Wildman–Crippen MR) is 71.1 cm³/mol. The van der Waals surface area contributed by atoms with E-state index in [2.05, 4.69) is 4.98 Å². The molecule has 0 spiro atoms. The van der Waals surface area contributed by atoms with Crippen molar-refractivity contribution in [3.63, 3.8) is 0 Å². The normalized spacial score (nSPS) is 11.3. The molecule has 0 atom stereocenters. The van der Waals surface area contributed by atoms with Gasteiger partial charge in [-0.1, -0.05) is 6.07 Å². The third-order valence-corrected chi connectivity index (χ3v) is 3.21. The van der Waals surface area contributed by atoms with Crippen LogP contribution in [0.15, 0.2) is 33.5 Å². The second kappa shape index (κ2) is 3.67. The van der Waals surface area contributed by atoms with Crippen molar-refractivity contribution in [1.29, 1.82) is 0 Å². The first-order valence-electron chi connectivity index (χ1n) is 5.87. The molecule has 0 aromatic heterocycles. The van der Waals surface area contributed by atoms with Crippen LogP contribution in [-0.4, -0.2) is 4.98 Å². The molecule has 0 saturated heterocycles. The van der Waals surface area contributed by atoms with Crippen molar-refractivity contribution in [2.24, 2.45) is 0 Å². The average Bonchev–Trinajstić information content (AvgIpc) is 2.34. The van der Waals surface area contributed by atoms with Gasteiger partial charge in [0.15, 0.2) is 16.8 Å². The highest BCUT2D eigenvalue weighted by Crippen LogP contribution is 2.28. The third kappa shape index (κ3) is 1.51. The lowest BCUT2D eigenvalue weighted by Crippen LogP contribution is -2.09. The summed E-state index contributed by atoms with van der Waals surface area (Å²) in [5, 5.41) is 0. The number of aromatic nitrogens is 1. The summed E-state index contributed by atoms with van der Waals surface area (Å²) in [5.74, 6) is 0.595. The van der Waals surface area contributed by atoms with Crippen molar-refractivity contribution in [2.75, 3.05) is 0 Å². The molecule has 0 amide bonds. The molecule has 1 aliphatic heterocycles. The van der Waals surface area contributed by atoms with Crippen LogP contribution in [0.5, 0.6) is 0 Å². The van der Waals surface area contributed by atoms with Crippen LogP contribution in [0.3, 0.4) is 0 Å². The second-order valence-electron chi connectivity index (χ2n) is 4.68. The molecule has 0 bridgehead atoms. The van der Waals surface area contributed by atoms with E-state index in [4.69, 9.17) is 4.42 Å². The van der Waals surface area contributed by atoms with Gasteiger partial charge in [-0.25, -0.2) is 4.98 Å². The topological polar surface area (TPSA) is 43.1 Å². The lowest BCUT2D eigenvalue weighted by Gasteiger charge is -2.11. The van der Waals surface area contributed by atoms with Crippen LogP contribution in [0, 0.1) is 20.8 Å². The van der Waals surface area contributed by atoms with Crippen molar-refractivity contribution in [3.05, 3.63) is 51.2 Å². The molecule has 0 fully saturated rings. The first kappa shape index (κ1) is 11.0. The lowest BCUT2D eigenvalue weighted by atomic mass is 10.0. The number of rotatable bonds is 0. The zero-order chi connectivity index (χ0) is 12.9. The van der Waals surface area contributed by atoms with Crippen LogP contribution in [-0.2, 0) is 0 Å². The van der Waals surface area contributed by atoms with Crippen molar-refractivity contribution in [1.82, 2.24) is 4.98 Å². The van der Waals surface area contributed by atoms with E-state index in [-0.39, 0.29) is 5.43 Å². The fourth-order valence-corrected chi connectivity index (χ4v) is 2.13. The molecule has 1 heterocycles. The molecule has 18 heavy (non-hydrogen) atoms. The molecule has 2 aliphatic rings. The third-order valence-electron chi connectivity index (χ3n) is 3.21. The monoisotopic (exact) mass is 239 g/mol. The molecule has 3 nitrogen and oxygen atoms in total. The minimum Gasteiger partial charge on any atom is -0.452 e. The highest BCUT2D eigenvalue weighted by molar-refractivity contribution is 5.78. The quantitative estimate of drug-likeness (QED) is 0.566. The molecule has 90 valence electrons. The van der Waals surface area contributed by atoms with Crippen LogP contribution in [0.4, 0.5) is 0 Å². The molecule has 1 aromatic carbocycles. The van der Waals surface area contributed by atoms with E-state index in [1.54, 1.807) is 13.0 Å². The Morgan fingerprint density at radius 3 is 2.67 bits per heavy atom. The van der Waals surface area contributed by atoms with Gasteiger partial charge < -0.3 is 4.42 Å². The fourth-order valence-electron chi connectivity index (χ4n) is 2.13. The summed E-state index contributed by atoms with van der Waals surface area (Å²) in [5.41, 5.74) is 4.88. The molecule has 3 heteroatoms. The highest BCUT2D eigenvalue weighted by Gasteiger charge is 2.16. The van der Waals surface area contributed by atoms with E-state index in [9.17, 15) is 4.79 Å². The SMILES string of the molecule is Cc1ccc2nc3c(C)cc(=O)c(C)c-3oc2c1. The van der Waals surface area contributed by atoms with Gasteiger partial charge in [0.1, 0.15) is 11.2 Å².